The molecule has 1 saturated carbocycles. The molecular formula is C16H20ClN2O3P. The lowest BCUT2D eigenvalue weighted by atomic mass is 10.0. The average molecular weight is 355 g/mol. The van der Waals surface area contributed by atoms with Crippen molar-refractivity contribution in [3.05, 3.63) is 28.9 Å². The highest BCUT2D eigenvalue weighted by atomic mass is 35.5. The molecule has 1 aliphatic carbocycles. The van der Waals surface area contributed by atoms with Crippen molar-refractivity contribution >= 4 is 41.1 Å². The van der Waals surface area contributed by atoms with Gasteiger partial charge >= 0.3 is 0 Å². The monoisotopic (exact) mass is 354 g/mol. The number of carbonyl (C=O) groups excluding carboxylic acids is 1. The summed E-state index contributed by atoms with van der Waals surface area (Å²) in [5, 5.41) is 1.57. The number of amides is 1. The molecule has 1 aliphatic rings. The zero-order valence-electron chi connectivity index (χ0n) is 13.0. The number of fused-ring (bicyclic) bond motifs is 1. The first-order valence-corrected chi connectivity index (χ1v) is 9.81. The van der Waals surface area contributed by atoms with Gasteiger partial charge in [0.25, 0.3) is 5.91 Å². The zero-order valence-corrected chi connectivity index (χ0v) is 14.6. The van der Waals surface area contributed by atoms with Crippen molar-refractivity contribution in [2.24, 2.45) is 5.73 Å². The molecule has 0 saturated heterocycles. The summed E-state index contributed by atoms with van der Waals surface area (Å²) in [6.45, 7) is 0. The molecule has 1 fully saturated rings. The van der Waals surface area contributed by atoms with E-state index in [0.29, 0.717) is 21.2 Å². The van der Waals surface area contributed by atoms with Crippen molar-refractivity contribution in [2.75, 3.05) is 7.11 Å². The SMILES string of the molecule is COP(=O)(c1c(C(N)=O)[nH]c2ccc(Cl)cc12)C1CCCCC1. The molecule has 23 heavy (non-hydrogen) atoms. The molecule has 3 rings (SSSR count). The summed E-state index contributed by atoms with van der Waals surface area (Å²) in [5.41, 5.74) is 6.28. The number of benzene rings is 1. The average Bonchev–Trinajstić information content (AvgIpc) is 2.94. The number of halogens is 1. The van der Waals surface area contributed by atoms with E-state index in [0.717, 1.165) is 32.1 Å². The maximum absolute atomic E-state index is 13.8. The molecule has 1 unspecified atom stereocenters. The summed E-state index contributed by atoms with van der Waals surface area (Å²) >= 11 is 6.10. The van der Waals surface area contributed by atoms with Crippen molar-refractivity contribution in [3.63, 3.8) is 0 Å². The highest BCUT2D eigenvalue weighted by molar-refractivity contribution is 7.68. The summed E-state index contributed by atoms with van der Waals surface area (Å²) < 4.78 is 19.3. The molecule has 0 aliphatic heterocycles. The van der Waals surface area contributed by atoms with Gasteiger partial charge in [0.2, 0.25) is 7.37 Å². The number of hydrogen-bond acceptors (Lipinski definition) is 3. The van der Waals surface area contributed by atoms with Crippen LogP contribution < -0.4 is 11.0 Å². The van der Waals surface area contributed by atoms with Crippen molar-refractivity contribution in [1.82, 2.24) is 4.98 Å². The van der Waals surface area contributed by atoms with Crippen molar-refractivity contribution in [3.8, 4) is 0 Å². The molecule has 1 aromatic carbocycles. The largest absolute Gasteiger partial charge is 0.364 e. The summed E-state index contributed by atoms with van der Waals surface area (Å²) in [4.78, 5) is 14.9. The van der Waals surface area contributed by atoms with Gasteiger partial charge in [-0.3, -0.25) is 9.36 Å². The normalized spacial score (nSPS) is 18.9. The highest BCUT2D eigenvalue weighted by Gasteiger charge is 2.41. The van der Waals surface area contributed by atoms with Crippen LogP contribution in [0.15, 0.2) is 18.2 Å². The Kier molecular flexibility index (Phi) is 4.54. The Bertz CT molecular complexity index is 796. The quantitative estimate of drug-likeness (QED) is 0.819. The molecule has 0 radical (unpaired) electrons. The van der Waals surface area contributed by atoms with Gasteiger partial charge < -0.3 is 15.2 Å². The van der Waals surface area contributed by atoms with Crippen molar-refractivity contribution in [2.45, 2.75) is 37.8 Å². The second-order valence-corrected chi connectivity index (χ2v) is 9.15. The lowest BCUT2D eigenvalue weighted by Crippen LogP contribution is -2.27. The molecule has 5 nitrogen and oxygen atoms in total. The lowest BCUT2D eigenvalue weighted by molar-refractivity contribution is 0.0997. The zero-order chi connectivity index (χ0) is 16.6. The Labute approximate surface area is 140 Å². The van der Waals surface area contributed by atoms with E-state index in [4.69, 9.17) is 21.9 Å². The molecule has 124 valence electrons. The number of H-pyrrole nitrogens is 1. The van der Waals surface area contributed by atoms with Gasteiger partial charge in [-0.1, -0.05) is 30.9 Å². The number of carbonyl (C=O) groups is 1. The number of aromatic amines is 1. The summed E-state index contributed by atoms with van der Waals surface area (Å²) in [7, 11) is -1.78. The van der Waals surface area contributed by atoms with Crippen LogP contribution in [-0.2, 0) is 9.09 Å². The Hall–Kier alpha value is -1.29. The van der Waals surface area contributed by atoms with E-state index in [9.17, 15) is 9.36 Å². The summed E-state index contributed by atoms with van der Waals surface area (Å²) in [6, 6.07) is 5.19. The first kappa shape index (κ1) is 16.6. The van der Waals surface area contributed by atoms with Crippen molar-refractivity contribution < 1.29 is 13.9 Å². The van der Waals surface area contributed by atoms with E-state index in [-0.39, 0.29) is 11.4 Å². The van der Waals surface area contributed by atoms with Crippen molar-refractivity contribution in [1.29, 1.82) is 0 Å². The van der Waals surface area contributed by atoms with Crippen LogP contribution in [0.25, 0.3) is 10.9 Å². The minimum Gasteiger partial charge on any atom is -0.364 e. The molecule has 2 aromatic rings. The van der Waals surface area contributed by atoms with Crippen LogP contribution >= 0.6 is 19.0 Å². The molecule has 1 heterocycles. The Morgan fingerprint density at radius 1 is 1.35 bits per heavy atom. The van der Waals surface area contributed by atoms with Gasteiger partial charge in [-0.15, -0.1) is 0 Å². The first-order chi connectivity index (χ1) is 11.0. The van der Waals surface area contributed by atoms with Gasteiger partial charge in [0, 0.05) is 28.7 Å². The third kappa shape index (κ3) is 2.82. The predicted molar refractivity (Wildman–Crippen MR) is 92.9 cm³/mol. The fraction of sp³-hybridized carbons (Fsp3) is 0.438. The van der Waals surface area contributed by atoms with Crippen LogP contribution in [0.1, 0.15) is 42.6 Å². The Morgan fingerprint density at radius 2 is 2.04 bits per heavy atom. The molecule has 1 atom stereocenters. The molecule has 0 spiro atoms. The smallest absolute Gasteiger partial charge is 0.266 e. The first-order valence-electron chi connectivity index (χ1n) is 7.74. The molecule has 7 heteroatoms. The van der Waals surface area contributed by atoms with Gasteiger partial charge in [0.05, 0.1) is 5.30 Å². The third-order valence-corrected chi connectivity index (χ3v) is 7.96. The molecule has 0 bridgehead atoms. The fourth-order valence-corrected chi connectivity index (χ4v) is 6.56. The van der Waals surface area contributed by atoms with Gasteiger partial charge in [-0.2, -0.15) is 0 Å². The minimum atomic E-state index is -3.23. The fourth-order valence-electron chi connectivity index (χ4n) is 3.50. The number of primary amides is 1. The van der Waals surface area contributed by atoms with E-state index in [1.165, 1.54) is 7.11 Å². The van der Waals surface area contributed by atoms with E-state index < -0.39 is 13.3 Å². The molecule has 3 N–H and O–H groups in total. The van der Waals surface area contributed by atoms with Gasteiger partial charge in [-0.05, 0) is 31.0 Å². The highest BCUT2D eigenvalue weighted by Crippen LogP contribution is 2.56. The topological polar surface area (TPSA) is 85.2 Å². The molecule has 1 aromatic heterocycles. The lowest BCUT2D eigenvalue weighted by Gasteiger charge is -2.29. The second kappa shape index (κ2) is 6.31. The molecule has 1 amide bonds. The van der Waals surface area contributed by atoms with Crippen LogP contribution in [0, 0.1) is 0 Å². The minimum absolute atomic E-state index is 0.0858. The van der Waals surface area contributed by atoms with Crippen LogP contribution in [0.4, 0.5) is 0 Å². The number of nitrogens with one attached hydrogen (secondary N) is 1. The summed E-state index contributed by atoms with van der Waals surface area (Å²) in [6.07, 6.45) is 4.84. The van der Waals surface area contributed by atoms with E-state index in [1.54, 1.807) is 18.2 Å². The maximum Gasteiger partial charge on any atom is 0.266 e. The van der Waals surface area contributed by atoms with Crippen LogP contribution in [0.2, 0.25) is 5.02 Å². The maximum atomic E-state index is 13.8. The Morgan fingerprint density at radius 3 is 2.65 bits per heavy atom. The van der Waals surface area contributed by atoms with Gasteiger partial charge in [0.1, 0.15) is 5.69 Å². The van der Waals surface area contributed by atoms with E-state index in [2.05, 4.69) is 4.98 Å². The molecular weight excluding hydrogens is 335 g/mol. The Balaban J connectivity index is 2.26. The van der Waals surface area contributed by atoms with Gasteiger partial charge in [-0.25, -0.2) is 0 Å². The number of aromatic nitrogens is 1. The number of hydrogen-bond donors (Lipinski definition) is 2. The number of rotatable bonds is 4. The van der Waals surface area contributed by atoms with Crippen LogP contribution in [-0.4, -0.2) is 23.7 Å². The standard InChI is InChI=1S/C16H20ClN2O3P/c1-22-23(21,11-5-3-2-4-6-11)15-12-9-10(17)7-8-13(12)19-14(15)16(18)20/h7-9,11,19H,2-6H2,1H3,(H2,18,20). The third-order valence-electron chi connectivity index (χ3n) is 4.62. The van der Waals surface area contributed by atoms with E-state index in [1.807, 2.05) is 0 Å². The van der Waals surface area contributed by atoms with Crippen LogP contribution in [0.5, 0.6) is 0 Å². The second-order valence-electron chi connectivity index (χ2n) is 5.97. The number of nitrogens with two attached hydrogens (primary N) is 1. The predicted octanol–water partition coefficient (Wildman–Crippen LogP) is 3.80. The summed E-state index contributed by atoms with van der Waals surface area (Å²) in [5.74, 6) is -0.639. The van der Waals surface area contributed by atoms with E-state index >= 15 is 0 Å². The van der Waals surface area contributed by atoms with Gasteiger partial charge in [0.15, 0.2) is 0 Å². The van der Waals surface area contributed by atoms with Crippen LogP contribution in [0.3, 0.4) is 0 Å².